The summed E-state index contributed by atoms with van der Waals surface area (Å²) in [6.07, 6.45) is -0.256. The van der Waals surface area contributed by atoms with E-state index in [9.17, 15) is 13.2 Å². The minimum absolute atomic E-state index is 0.0483. The van der Waals surface area contributed by atoms with Crippen LogP contribution in [0.25, 0.3) is 0 Å². The molecule has 1 aromatic heterocycles. The highest BCUT2D eigenvalue weighted by molar-refractivity contribution is 7.93. The molecule has 0 aliphatic heterocycles. The maximum atomic E-state index is 12.5. The molecule has 5 nitrogen and oxygen atoms in total. The fourth-order valence-electron chi connectivity index (χ4n) is 1.85. The summed E-state index contributed by atoms with van der Waals surface area (Å²) in [5.74, 6) is -0.672. The number of sulfone groups is 1. The van der Waals surface area contributed by atoms with Gasteiger partial charge in [-0.1, -0.05) is 6.07 Å². The molecule has 0 aliphatic rings. The van der Waals surface area contributed by atoms with E-state index in [0.717, 1.165) is 11.3 Å². The van der Waals surface area contributed by atoms with Gasteiger partial charge in [0.25, 0.3) is 0 Å². The van der Waals surface area contributed by atoms with Crippen molar-refractivity contribution in [1.82, 2.24) is 0 Å². The molecule has 0 amide bonds. The third-order valence-electron chi connectivity index (χ3n) is 2.68. The van der Waals surface area contributed by atoms with Gasteiger partial charge in [0.15, 0.2) is 0 Å². The Balaban J connectivity index is 2.52. The topological polar surface area (TPSA) is 80.7 Å². The Kier molecular flexibility index (Phi) is 4.64. The zero-order chi connectivity index (χ0) is 15.5. The number of aliphatic carboxylic acids is 1. The number of thiophene rings is 1. The van der Waals surface area contributed by atoms with Crippen LogP contribution in [0.2, 0.25) is 0 Å². The molecule has 0 saturated carbocycles. The Morgan fingerprint density at radius 1 is 1.33 bits per heavy atom. The molecular formula is C14H14O5S2. The second kappa shape index (κ2) is 6.28. The highest BCUT2D eigenvalue weighted by Gasteiger charge is 2.21. The molecule has 0 unspecified atom stereocenters. The molecule has 2 aromatic rings. The number of hydrogen-bond donors (Lipinski definition) is 1. The summed E-state index contributed by atoms with van der Waals surface area (Å²) in [4.78, 5) is 10.9. The molecule has 2 rings (SSSR count). The van der Waals surface area contributed by atoms with Crippen LogP contribution in [0, 0.1) is 0 Å². The first-order valence-electron chi connectivity index (χ1n) is 6.20. The lowest BCUT2D eigenvalue weighted by molar-refractivity contribution is -0.136. The van der Waals surface area contributed by atoms with Crippen molar-refractivity contribution in [2.24, 2.45) is 0 Å². The Bertz CT molecular complexity index is 733. The van der Waals surface area contributed by atoms with Crippen molar-refractivity contribution in [2.45, 2.75) is 22.4 Å². The molecule has 7 heteroatoms. The lowest BCUT2D eigenvalue weighted by Gasteiger charge is -2.09. The van der Waals surface area contributed by atoms with Gasteiger partial charge in [-0.05, 0) is 42.1 Å². The molecule has 0 radical (unpaired) electrons. The van der Waals surface area contributed by atoms with Crippen LogP contribution in [0.4, 0.5) is 0 Å². The van der Waals surface area contributed by atoms with Crippen LogP contribution >= 0.6 is 11.3 Å². The Hall–Kier alpha value is -1.86. The van der Waals surface area contributed by atoms with E-state index in [1.165, 1.54) is 18.2 Å². The van der Waals surface area contributed by atoms with Crippen molar-refractivity contribution in [3.05, 3.63) is 41.3 Å². The molecule has 0 saturated heterocycles. The van der Waals surface area contributed by atoms with Crippen LogP contribution in [0.15, 0.2) is 44.8 Å². The van der Waals surface area contributed by atoms with Crippen molar-refractivity contribution in [3.63, 3.8) is 0 Å². The van der Waals surface area contributed by atoms with Gasteiger partial charge >= 0.3 is 5.97 Å². The first-order valence-corrected chi connectivity index (χ1v) is 8.57. The van der Waals surface area contributed by atoms with Crippen molar-refractivity contribution >= 4 is 27.1 Å². The van der Waals surface area contributed by atoms with Gasteiger partial charge in [0.1, 0.15) is 9.96 Å². The zero-order valence-corrected chi connectivity index (χ0v) is 12.9. The van der Waals surface area contributed by atoms with Gasteiger partial charge in [0, 0.05) is 0 Å². The minimum atomic E-state index is -3.65. The second-order valence-electron chi connectivity index (χ2n) is 4.25. The average molecular weight is 326 g/mol. The van der Waals surface area contributed by atoms with Crippen LogP contribution < -0.4 is 4.74 Å². The second-order valence-corrected chi connectivity index (χ2v) is 7.38. The average Bonchev–Trinajstić information content (AvgIpc) is 2.92. The fraction of sp³-hybridized carbons (Fsp3) is 0.214. The predicted molar refractivity (Wildman–Crippen MR) is 78.7 cm³/mol. The number of carbonyl (C=O) groups is 1. The summed E-state index contributed by atoms with van der Waals surface area (Å²) in [5.41, 5.74) is 0.392. The van der Waals surface area contributed by atoms with Crippen molar-refractivity contribution in [1.29, 1.82) is 0 Å². The lowest BCUT2D eigenvalue weighted by atomic mass is 10.1. The molecule has 1 heterocycles. The third-order valence-corrected chi connectivity index (χ3v) is 5.81. The monoisotopic (exact) mass is 326 g/mol. The van der Waals surface area contributed by atoms with Crippen LogP contribution in [-0.2, 0) is 21.1 Å². The van der Waals surface area contributed by atoms with Gasteiger partial charge in [-0.25, -0.2) is 8.42 Å². The number of ether oxygens (including phenoxy) is 1. The van der Waals surface area contributed by atoms with Crippen molar-refractivity contribution in [3.8, 4) is 5.75 Å². The molecule has 0 atom stereocenters. The molecule has 112 valence electrons. The van der Waals surface area contributed by atoms with Crippen LogP contribution in [0.5, 0.6) is 5.75 Å². The summed E-state index contributed by atoms with van der Waals surface area (Å²) in [7, 11) is -3.65. The molecular weight excluding hydrogens is 312 g/mol. The fourth-order valence-corrected chi connectivity index (χ4v) is 4.32. The van der Waals surface area contributed by atoms with E-state index < -0.39 is 15.8 Å². The largest absolute Gasteiger partial charge is 0.494 e. The quantitative estimate of drug-likeness (QED) is 0.882. The number of rotatable bonds is 6. The van der Waals surface area contributed by atoms with Gasteiger partial charge in [-0.2, -0.15) is 0 Å². The summed E-state index contributed by atoms with van der Waals surface area (Å²) >= 11 is 1.12. The van der Waals surface area contributed by atoms with E-state index in [0.29, 0.717) is 17.9 Å². The van der Waals surface area contributed by atoms with Crippen molar-refractivity contribution < 1.29 is 23.1 Å². The molecule has 1 N–H and O–H groups in total. The van der Waals surface area contributed by atoms with Crippen LogP contribution in [-0.4, -0.2) is 26.1 Å². The van der Waals surface area contributed by atoms with Gasteiger partial charge in [0.2, 0.25) is 9.84 Å². The van der Waals surface area contributed by atoms with E-state index in [2.05, 4.69) is 0 Å². The Morgan fingerprint density at radius 2 is 2.10 bits per heavy atom. The first kappa shape index (κ1) is 15.5. The Labute approximate surface area is 126 Å². The minimum Gasteiger partial charge on any atom is -0.494 e. The zero-order valence-electron chi connectivity index (χ0n) is 11.3. The smallest absolute Gasteiger partial charge is 0.307 e. The standard InChI is InChI=1S/C14H14O5S2/c1-2-19-11-6-10(8-13(15)16)7-12(9-11)21(17,18)14-4-3-5-20-14/h3-7,9H,2,8H2,1H3,(H,15,16). The summed E-state index contributed by atoms with van der Waals surface area (Å²) < 4.78 is 30.5. The molecule has 21 heavy (non-hydrogen) atoms. The first-order chi connectivity index (χ1) is 9.93. The van der Waals surface area contributed by atoms with Crippen molar-refractivity contribution in [2.75, 3.05) is 6.61 Å². The molecule has 0 spiro atoms. The normalized spacial score (nSPS) is 11.3. The molecule has 0 aliphatic carbocycles. The molecule has 0 bridgehead atoms. The van der Waals surface area contributed by atoms with Gasteiger partial charge in [-0.15, -0.1) is 11.3 Å². The lowest BCUT2D eigenvalue weighted by Crippen LogP contribution is -2.05. The molecule has 1 aromatic carbocycles. The number of carboxylic acid groups (broad SMARTS) is 1. The van der Waals surface area contributed by atoms with Gasteiger partial charge in [-0.3, -0.25) is 4.79 Å². The summed E-state index contributed by atoms with van der Waals surface area (Å²) in [5, 5.41) is 10.6. The third kappa shape index (κ3) is 3.62. The van der Waals surface area contributed by atoms with E-state index in [4.69, 9.17) is 9.84 Å². The number of benzene rings is 1. The maximum absolute atomic E-state index is 12.5. The number of carboxylic acids is 1. The SMILES string of the molecule is CCOc1cc(CC(=O)O)cc(S(=O)(=O)c2cccs2)c1. The highest BCUT2D eigenvalue weighted by Crippen LogP contribution is 2.29. The van der Waals surface area contributed by atoms with Crippen LogP contribution in [0.1, 0.15) is 12.5 Å². The Morgan fingerprint density at radius 3 is 2.67 bits per heavy atom. The van der Waals surface area contributed by atoms with E-state index in [-0.39, 0.29) is 15.5 Å². The van der Waals surface area contributed by atoms with E-state index in [1.54, 1.807) is 24.4 Å². The maximum Gasteiger partial charge on any atom is 0.307 e. The summed E-state index contributed by atoms with van der Waals surface area (Å²) in [6.45, 7) is 2.15. The van der Waals surface area contributed by atoms with Gasteiger partial charge < -0.3 is 9.84 Å². The number of hydrogen-bond acceptors (Lipinski definition) is 5. The predicted octanol–water partition coefficient (Wildman–Crippen LogP) is 2.61. The van der Waals surface area contributed by atoms with Crippen LogP contribution in [0.3, 0.4) is 0 Å². The van der Waals surface area contributed by atoms with E-state index in [1.807, 2.05) is 0 Å². The van der Waals surface area contributed by atoms with Gasteiger partial charge in [0.05, 0.1) is 17.9 Å². The summed E-state index contributed by atoms with van der Waals surface area (Å²) in [6, 6.07) is 7.52. The molecule has 0 fully saturated rings. The van der Waals surface area contributed by atoms with E-state index >= 15 is 0 Å². The highest BCUT2D eigenvalue weighted by atomic mass is 32.2.